The van der Waals surface area contributed by atoms with E-state index in [1.165, 1.54) is 205 Å². The summed E-state index contributed by atoms with van der Waals surface area (Å²) in [6, 6.07) is 0. The minimum atomic E-state index is -5.39. The molecular weight excluding hydrogens is 615 g/mol. The van der Waals surface area contributed by atoms with Gasteiger partial charge in [-0.1, -0.05) is 0 Å². The van der Waals surface area contributed by atoms with Gasteiger partial charge in [-0.2, -0.15) is 7.82 Å². The summed E-state index contributed by atoms with van der Waals surface area (Å²) in [7, 11) is -5.39. The fourth-order valence-corrected chi connectivity index (χ4v) is 5.63. The molecule has 0 bridgehead atoms. The van der Waals surface area contributed by atoms with Crippen molar-refractivity contribution in [3.05, 3.63) is 0 Å². The average molecular weight is 673 g/mol. The molecule has 0 saturated heterocycles. The van der Waals surface area contributed by atoms with Crippen LogP contribution in [-0.2, 0) is 59.5 Å². The molecule has 0 atom stereocenters. The summed E-state index contributed by atoms with van der Waals surface area (Å²) in [6.07, 6.45) is 30.7. The van der Waals surface area contributed by atoms with Gasteiger partial charge in [0.15, 0.2) is 0 Å². The van der Waals surface area contributed by atoms with Gasteiger partial charge in [-0.15, -0.1) is 0 Å². The zero-order valence-corrected chi connectivity index (χ0v) is 34.0. The van der Waals surface area contributed by atoms with Crippen molar-refractivity contribution >= 4 is 7.82 Å². The van der Waals surface area contributed by atoms with Crippen molar-refractivity contribution in [3.8, 4) is 0 Å². The van der Waals surface area contributed by atoms with E-state index < -0.39 is 7.82 Å². The molecule has 0 unspecified atom stereocenters. The van der Waals surface area contributed by atoms with Crippen LogP contribution in [0.2, 0.25) is 15.0 Å². The van der Waals surface area contributed by atoms with Crippen LogP contribution in [-0.4, -0.2) is 0 Å². The maximum Gasteiger partial charge on any atom is -0.159 e. The molecule has 0 aromatic rings. The molecular formula is C27H57O4PZn3. The van der Waals surface area contributed by atoms with Gasteiger partial charge in [0.05, 0.1) is 0 Å². The molecule has 0 radical (unpaired) electrons. The van der Waals surface area contributed by atoms with E-state index in [0.29, 0.717) is 0 Å². The fourth-order valence-electron chi connectivity index (χ4n) is 3.40. The van der Waals surface area contributed by atoms with Crippen molar-refractivity contribution in [1.29, 1.82) is 0 Å². The van der Waals surface area contributed by atoms with E-state index >= 15 is 0 Å². The first-order valence-corrected chi connectivity index (χ1v) is 22.6. The van der Waals surface area contributed by atoms with Crippen LogP contribution in [0.5, 0.6) is 0 Å². The van der Waals surface area contributed by atoms with Crippen LogP contribution in [0, 0.1) is 0 Å². The number of phosphoric acid groups is 1. The SMILES string of the molecule is CCCCCCCC[CH2][Zn+].CCCCCCCC[CH2][Zn+].CCCCCCCC[CH2][Zn+].O=P([O-])([O-])[O-]. The van der Waals surface area contributed by atoms with Crippen molar-refractivity contribution < 1.29 is 74.2 Å². The minimum Gasteiger partial charge on any atom is -0.822 e. The Hall–Kier alpha value is 1.98. The van der Waals surface area contributed by atoms with Gasteiger partial charge in [0.2, 0.25) is 0 Å². The van der Waals surface area contributed by atoms with E-state index in [0.717, 1.165) is 0 Å². The summed E-state index contributed by atoms with van der Waals surface area (Å²) in [6.45, 7) is 6.82. The predicted octanol–water partition coefficient (Wildman–Crippen LogP) is 8.28. The molecule has 0 aliphatic carbocycles. The topological polar surface area (TPSA) is 86.2 Å². The van der Waals surface area contributed by atoms with Crippen LogP contribution in [0.1, 0.15) is 156 Å². The largest absolute Gasteiger partial charge is 0.822 e. The van der Waals surface area contributed by atoms with E-state index in [4.69, 9.17) is 19.2 Å². The Kier molecular flexibility index (Phi) is 54.1. The van der Waals surface area contributed by atoms with Gasteiger partial charge in [0.25, 0.3) is 0 Å². The molecule has 35 heavy (non-hydrogen) atoms. The summed E-state index contributed by atoms with van der Waals surface area (Å²) in [5.74, 6) is 0. The van der Waals surface area contributed by atoms with Gasteiger partial charge in [-0.3, -0.25) is 0 Å². The smallest absolute Gasteiger partial charge is 0.159 e. The van der Waals surface area contributed by atoms with E-state index in [1.807, 2.05) is 0 Å². The maximum absolute atomic E-state index is 8.55. The Morgan fingerprint density at radius 1 is 0.400 bits per heavy atom. The Labute approximate surface area is 251 Å². The third kappa shape index (κ3) is 78.7. The Morgan fingerprint density at radius 3 is 0.686 bits per heavy atom. The number of rotatable bonds is 21. The second-order valence-electron chi connectivity index (χ2n) is 9.37. The molecule has 0 rings (SSSR count). The van der Waals surface area contributed by atoms with Crippen LogP contribution in [0.25, 0.3) is 0 Å². The quantitative estimate of drug-likeness (QED) is 0.0698. The monoisotopic (exact) mass is 668 g/mol. The number of hydrogen-bond donors (Lipinski definition) is 0. The molecule has 0 spiro atoms. The third-order valence-electron chi connectivity index (χ3n) is 5.56. The first-order chi connectivity index (χ1) is 16.7. The molecule has 0 N–H and O–H groups in total. The van der Waals surface area contributed by atoms with Gasteiger partial charge in [-0.25, -0.2) is 0 Å². The van der Waals surface area contributed by atoms with Crippen LogP contribution in [0.4, 0.5) is 0 Å². The van der Waals surface area contributed by atoms with Crippen LogP contribution >= 0.6 is 7.82 Å². The second kappa shape index (κ2) is 43.0. The van der Waals surface area contributed by atoms with Crippen molar-refractivity contribution in [1.82, 2.24) is 0 Å². The van der Waals surface area contributed by atoms with Crippen molar-refractivity contribution in [2.24, 2.45) is 0 Å². The molecule has 8 heteroatoms. The minimum absolute atomic E-state index is 1.38. The molecule has 0 aliphatic rings. The predicted molar refractivity (Wildman–Crippen MR) is 136 cm³/mol. The molecule has 0 aromatic carbocycles. The van der Waals surface area contributed by atoms with Gasteiger partial charge < -0.3 is 19.2 Å². The molecule has 4 nitrogen and oxygen atoms in total. The zero-order valence-electron chi connectivity index (χ0n) is 24.2. The number of hydrogen-bond acceptors (Lipinski definition) is 4. The average Bonchev–Trinajstić information content (AvgIpc) is 2.81. The first-order valence-electron chi connectivity index (χ1n) is 14.9. The summed E-state index contributed by atoms with van der Waals surface area (Å²) in [5, 5.41) is 4.48. The van der Waals surface area contributed by atoms with Crippen molar-refractivity contribution in [2.75, 3.05) is 0 Å². The van der Waals surface area contributed by atoms with Gasteiger partial charge in [0.1, 0.15) is 0 Å². The molecule has 0 aromatic heterocycles. The normalized spacial score (nSPS) is 10.5. The molecule has 0 amide bonds. The Morgan fingerprint density at radius 2 is 0.543 bits per heavy atom. The Bertz CT molecular complexity index is 302. The van der Waals surface area contributed by atoms with Gasteiger partial charge >= 0.3 is 226 Å². The maximum atomic E-state index is 8.55. The fraction of sp³-hybridized carbons (Fsp3) is 1.00. The van der Waals surface area contributed by atoms with E-state index in [9.17, 15) is 0 Å². The summed E-state index contributed by atoms with van der Waals surface area (Å²) >= 11 is 4.49. The van der Waals surface area contributed by atoms with Crippen LogP contribution in [0.3, 0.4) is 0 Å². The van der Waals surface area contributed by atoms with Gasteiger partial charge in [0, 0.05) is 0 Å². The first kappa shape index (κ1) is 44.0. The third-order valence-corrected chi connectivity index (χ3v) is 8.71. The van der Waals surface area contributed by atoms with Crippen molar-refractivity contribution in [3.63, 3.8) is 0 Å². The van der Waals surface area contributed by atoms with Crippen molar-refractivity contribution in [2.45, 2.75) is 171 Å². The zero-order chi connectivity index (χ0) is 27.5. The van der Waals surface area contributed by atoms with Crippen LogP contribution < -0.4 is 14.7 Å². The van der Waals surface area contributed by atoms with Gasteiger partial charge in [-0.05, 0) is 0 Å². The molecule has 0 saturated carbocycles. The van der Waals surface area contributed by atoms with Crippen LogP contribution in [0.15, 0.2) is 0 Å². The summed E-state index contributed by atoms with van der Waals surface area (Å²) < 4.78 is 8.55. The summed E-state index contributed by atoms with van der Waals surface area (Å²) in [4.78, 5) is 25.6. The molecule has 0 heterocycles. The number of unbranched alkanes of at least 4 members (excludes halogenated alkanes) is 18. The van der Waals surface area contributed by atoms with E-state index in [1.54, 1.807) is 0 Å². The standard InChI is InChI=1S/3C9H19.H3O4P.3Zn/c3*1-3-5-7-9-8-6-4-2;1-5(2,3)4;;;/h3*1,3-9H2,2H3;(H3,1,2,3,4);;;/q;;;;3*+1/p-3. The Balaban J connectivity index is -0.000000188. The van der Waals surface area contributed by atoms with E-state index in [-0.39, 0.29) is 0 Å². The molecule has 200 valence electrons. The van der Waals surface area contributed by atoms with E-state index in [2.05, 4.69) is 20.8 Å². The molecule has 0 fully saturated rings. The molecule has 0 aliphatic heterocycles. The second-order valence-corrected chi connectivity index (χ2v) is 14.7. The summed E-state index contributed by atoms with van der Waals surface area (Å²) in [5.41, 5.74) is 0.